The number of hydrogen-bond donors (Lipinski definition) is 1. The van der Waals surface area contributed by atoms with E-state index in [1.807, 2.05) is 0 Å². The van der Waals surface area contributed by atoms with Gasteiger partial charge in [-0.1, -0.05) is 69.7 Å². The van der Waals surface area contributed by atoms with Crippen LogP contribution in [0.4, 0.5) is 0 Å². The van der Waals surface area contributed by atoms with Gasteiger partial charge in [0.05, 0.1) is 0 Å². The monoisotopic (exact) mass is 273 g/mol. The minimum absolute atomic E-state index is 0.535. The van der Waals surface area contributed by atoms with Crippen LogP contribution in [0, 0.1) is 5.92 Å². The van der Waals surface area contributed by atoms with Crippen molar-refractivity contribution in [2.75, 3.05) is 7.05 Å². The van der Waals surface area contributed by atoms with Gasteiger partial charge in [-0.05, 0) is 43.4 Å². The molecule has 0 amide bonds. The summed E-state index contributed by atoms with van der Waals surface area (Å²) in [5.41, 5.74) is 2.93. The average Bonchev–Trinajstić information content (AvgIpc) is 2.51. The van der Waals surface area contributed by atoms with E-state index >= 15 is 0 Å². The van der Waals surface area contributed by atoms with E-state index in [2.05, 4.69) is 43.6 Å². The predicted molar refractivity (Wildman–Crippen MR) is 88.0 cm³/mol. The summed E-state index contributed by atoms with van der Waals surface area (Å²) in [6.07, 6.45) is 12.4. The molecule has 1 unspecified atom stereocenters. The normalized spacial score (nSPS) is 18.1. The molecule has 1 N–H and O–H groups in total. The van der Waals surface area contributed by atoms with Crippen LogP contribution in [0.3, 0.4) is 0 Å². The van der Waals surface area contributed by atoms with Crippen LogP contribution >= 0.6 is 0 Å². The van der Waals surface area contributed by atoms with Gasteiger partial charge in [-0.2, -0.15) is 0 Å². The third kappa shape index (κ3) is 4.63. The summed E-state index contributed by atoms with van der Waals surface area (Å²) in [4.78, 5) is 0. The van der Waals surface area contributed by atoms with Crippen molar-refractivity contribution in [3.63, 3.8) is 0 Å². The number of hydrogen-bond acceptors (Lipinski definition) is 1. The van der Waals surface area contributed by atoms with Crippen LogP contribution in [-0.4, -0.2) is 7.05 Å². The van der Waals surface area contributed by atoms with Crippen LogP contribution in [0.25, 0.3) is 0 Å². The molecule has 1 aliphatic rings. The Morgan fingerprint density at radius 1 is 1.10 bits per heavy atom. The maximum Gasteiger partial charge on any atom is 0.0317 e. The molecular weight excluding hydrogens is 242 g/mol. The van der Waals surface area contributed by atoms with Gasteiger partial charge in [0, 0.05) is 6.04 Å². The molecule has 2 rings (SSSR count). The van der Waals surface area contributed by atoms with E-state index in [0.29, 0.717) is 6.04 Å². The summed E-state index contributed by atoms with van der Waals surface area (Å²) < 4.78 is 0. The van der Waals surface area contributed by atoms with Crippen molar-refractivity contribution in [3.05, 3.63) is 35.4 Å². The molecule has 1 saturated carbocycles. The van der Waals surface area contributed by atoms with Gasteiger partial charge in [0.25, 0.3) is 0 Å². The molecule has 20 heavy (non-hydrogen) atoms. The molecule has 1 aromatic carbocycles. The Bertz CT molecular complexity index is 362. The molecule has 1 atom stereocenters. The summed E-state index contributed by atoms with van der Waals surface area (Å²) in [5.74, 6) is 0.985. The number of benzene rings is 1. The lowest BCUT2D eigenvalue weighted by Crippen LogP contribution is -2.18. The molecule has 0 spiro atoms. The molecule has 1 heteroatoms. The van der Waals surface area contributed by atoms with Gasteiger partial charge in [-0.25, -0.2) is 0 Å². The number of rotatable bonds is 7. The first-order chi connectivity index (χ1) is 9.83. The van der Waals surface area contributed by atoms with Gasteiger partial charge in [0.2, 0.25) is 0 Å². The summed E-state index contributed by atoms with van der Waals surface area (Å²) in [6.45, 7) is 2.24. The molecule has 1 fully saturated rings. The highest BCUT2D eigenvalue weighted by Crippen LogP contribution is 2.30. The molecule has 1 aromatic rings. The van der Waals surface area contributed by atoms with Crippen molar-refractivity contribution >= 4 is 0 Å². The predicted octanol–water partition coefficient (Wildman–Crippen LogP) is 5.26. The highest BCUT2D eigenvalue weighted by atomic mass is 14.9. The highest BCUT2D eigenvalue weighted by Gasteiger charge is 2.16. The van der Waals surface area contributed by atoms with E-state index in [9.17, 15) is 0 Å². The zero-order chi connectivity index (χ0) is 14.2. The molecule has 0 bridgehead atoms. The minimum atomic E-state index is 0.535. The van der Waals surface area contributed by atoms with Crippen molar-refractivity contribution in [2.24, 2.45) is 5.92 Å². The van der Waals surface area contributed by atoms with Crippen LogP contribution in [0.5, 0.6) is 0 Å². The van der Waals surface area contributed by atoms with Crippen molar-refractivity contribution in [1.82, 2.24) is 5.32 Å². The summed E-state index contributed by atoms with van der Waals surface area (Å²) in [5, 5.41) is 3.51. The topological polar surface area (TPSA) is 12.0 Å². The maximum atomic E-state index is 3.51. The van der Waals surface area contributed by atoms with Crippen molar-refractivity contribution in [3.8, 4) is 0 Å². The molecule has 0 saturated heterocycles. The zero-order valence-electron chi connectivity index (χ0n) is 13.3. The Hall–Kier alpha value is -0.820. The van der Waals surface area contributed by atoms with Crippen LogP contribution < -0.4 is 5.32 Å². The smallest absolute Gasteiger partial charge is 0.0317 e. The fourth-order valence-corrected chi connectivity index (χ4v) is 3.56. The van der Waals surface area contributed by atoms with E-state index in [1.165, 1.54) is 68.9 Å². The largest absolute Gasteiger partial charge is 0.313 e. The molecule has 1 aliphatic carbocycles. The molecule has 0 heterocycles. The molecule has 0 radical (unpaired) electrons. The summed E-state index contributed by atoms with van der Waals surface area (Å²) >= 11 is 0. The lowest BCUT2D eigenvalue weighted by molar-refractivity contribution is 0.317. The lowest BCUT2D eigenvalue weighted by atomic mass is 9.84. The molecule has 112 valence electrons. The fourth-order valence-electron chi connectivity index (χ4n) is 3.56. The fraction of sp³-hybridized carbons (Fsp3) is 0.684. The number of aryl methyl sites for hydroxylation is 1. The number of nitrogens with one attached hydrogen (secondary N) is 1. The Balaban J connectivity index is 1.86. The van der Waals surface area contributed by atoms with Crippen LogP contribution in [0.15, 0.2) is 24.3 Å². The van der Waals surface area contributed by atoms with E-state index in [-0.39, 0.29) is 0 Å². The first-order valence-electron chi connectivity index (χ1n) is 8.59. The summed E-state index contributed by atoms with van der Waals surface area (Å²) in [6, 6.07) is 9.81. The highest BCUT2D eigenvalue weighted by molar-refractivity contribution is 5.25. The molecular formula is C19H31N. The van der Waals surface area contributed by atoms with Gasteiger partial charge >= 0.3 is 0 Å². The van der Waals surface area contributed by atoms with Crippen molar-refractivity contribution < 1.29 is 0 Å². The third-order valence-electron chi connectivity index (χ3n) is 4.86. The second-order valence-electron chi connectivity index (χ2n) is 6.41. The summed E-state index contributed by atoms with van der Waals surface area (Å²) in [7, 11) is 2.10. The van der Waals surface area contributed by atoms with Crippen LogP contribution in [0.2, 0.25) is 0 Å². The molecule has 0 aliphatic heterocycles. The minimum Gasteiger partial charge on any atom is -0.313 e. The van der Waals surface area contributed by atoms with Crippen molar-refractivity contribution in [2.45, 2.75) is 70.8 Å². The van der Waals surface area contributed by atoms with E-state index in [1.54, 1.807) is 0 Å². The Morgan fingerprint density at radius 2 is 1.80 bits per heavy atom. The van der Waals surface area contributed by atoms with Gasteiger partial charge < -0.3 is 5.32 Å². The molecule has 0 aromatic heterocycles. The quantitative estimate of drug-likeness (QED) is 0.714. The maximum absolute atomic E-state index is 3.51. The Morgan fingerprint density at radius 3 is 2.40 bits per heavy atom. The van der Waals surface area contributed by atoms with Gasteiger partial charge in [0.1, 0.15) is 0 Å². The molecule has 1 nitrogen and oxygen atoms in total. The standard InChI is InChI=1S/C19H31N/c1-3-7-16-10-13-18(14-11-16)19(20-2)15-12-17-8-5-4-6-9-17/h10-11,13-14,17,19-20H,3-9,12,15H2,1-2H3. The van der Waals surface area contributed by atoms with Crippen LogP contribution in [-0.2, 0) is 6.42 Å². The van der Waals surface area contributed by atoms with Crippen molar-refractivity contribution in [1.29, 1.82) is 0 Å². The van der Waals surface area contributed by atoms with E-state index in [0.717, 1.165) is 5.92 Å². The van der Waals surface area contributed by atoms with Gasteiger partial charge in [0.15, 0.2) is 0 Å². The second-order valence-corrected chi connectivity index (χ2v) is 6.41. The van der Waals surface area contributed by atoms with Gasteiger partial charge in [-0.15, -0.1) is 0 Å². The zero-order valence-corrected chi connectivity index (χ0v) is 13.3. The second kappa shape index (κ2) is 8.46. The third-order valence-corrected chi connectivity index (χ3v) is 4.86. The SMILES string of the molecule is CCCc1ccc(C(CCC2CCCCC2)NC)cc1. The lowest BCUT2D eigenvalue weighted by Gasteiger charge is -2.24. The van der Waals surface area contributed by atoms with E-state index < -0.39 is 0 Å². The average molecular weight is 273 g/mol. The first-order valence-corrected chi connectivity index (χ1v) is 8.59. The van der Waals surface area contributed by atoms with E-state index in [4.69, 9.17) is 0 Å². The first kappa shape index (κ1) is 15.6. The van der Waals surface area contributed by atoms with Gasteiger partial charge in [-0.3, -0.25) is 0 Å². The Kier molecular flexibility index (Phi) is 6.59. The Labute approximate surface area is 125 Å². The van der Waals surface area contributed by atoms with Crippen LogP contribution in [0.1, 0.15) is 75.5 Å².